The Morgan fingerprint density at radius 3 is 2.66 bits per heavy atom. The Kier molecular flexibility index (Phi) is 5.58. The quantitative estimate of drug-likeness (QED) is 0.345. The summed E-state index contributed by atoms with van der Waals surface area (Å²) in [5, 5.41) is 15.2. The number of aromatic amines is 1. The van der Waals surface area contributed by atoms with Crippen LogP contribution in [0.1, 0.15) is 23.1 Å². The summed E-state index contributed by atoms with van der Waals surface area (Å²) in [7, 11) is 1.51. The number of oxazole rings is 1. The summed E-state index contributed by atoms with van der Waals surface area (Å²) in [6.07, 6.45) is 0. The molecule has 0 unspecified atom stereocenters. The molecule has 5 rings (SSSR count). The molecule has 1 amide bonds. The number of carbonyl (C=O) groups excluding carboxylic acids is 1. The minimum atomic E-state index is -0.631. The predicted molar refractivity (Wildman–Crippen MR) is 130 cm³/mol. The first-order valence-electron chi connectivity index (χ1n) is 11.0. The van der Waals surface area contributed by atoms with E-state index in [4.69, 9.17) is 9.15 Å². The molecule has 0 fully saturated rings. The summed E-state index contributed by atoms with van der Waals surface area (Å²) in [5.41, 5.74) is 2.52. The van der Waals surface area contributed by atoms with Crippen LogP contribution in [0.15, 0.2) is 57.7 Å². The second-order valence-corrected chi connectivity index (χ2v) is 8.16. The van der Waals surface area contributed by atoms with Crippen molar-refractivity contribution < 1.29 is 19.1 Å². The van der Waals surface area contributed by atoms with E-state index in [0.717, 1.165) is 5.56 Å². The van der Waals surface area contributed by atoms with E-state index < -0.39 is 17.5 Å². The number of ether oxygens (including phenoxy) is 1. The molecule has 1 atom stereocenters. The van der Waals surface area contributed by atoms with Crippen LogP contribution in [-0.2, 0) is 0 Å². The second-order valence-electron chi connectivity index (χ2n) is 8.16. The summed E-state index contributed by atoms with van der Waals surface area (Å²) in [6.45, 7) is 3.19. The number of para-hydroxylation sites is 1. The summed E-state index contributed by atoms with van der Waals surface area (Å²) in [6, 6.07) is 14.1. The molecule has 35 heavy (non-hydrogen) atoms. The van der Waals surface area contributed by atoms with Crippen LogP contribution >= 0.6 is 0 Å². The SMILES string of the molecule is COc1cccc2oc(-c3c(C(=O)N[C@@H](C)CO)nc4c(-c5ccccc5)c(C)[nH]n4c3=O)nc12. The molecule has 0 saturated carbocycles. The first-order chi connectivity index (χ1) is 16.9. The van der Waals surface area contributed by atoms with Crippen LogP contribution in [0.3, 0.4) is 0 Å². The zero-order valence-electron chi connectivity index (χ0n) is 19.3. The lowest BCUT2D eigenvalue weighted by Crippen LogP contribution is -2.37. The molecule has 178 valence electrons. The fraction of sp³-hybridized carbons (Fsp3) is 0.200. The minimum absolute atomic E-state index is 0.0632. The highest BCUT2D eigenvalue weighted by molar-refractivity contribution is 6.00. The number of aliphatic hydroxyl groups is 1. The van der Waals surface area contributed by atoms with E-state index in [1.54, 1.807) is 25.1 Å². The molecule has 2 aromatic carbocycles. The van der Waals surface area contributed by atoms with Crippen LogP contribution in [0.4, 0.5) is 0 Å². The van der Waals surface area contributed by atoms with E-state index in [0.29, 0.717) is 28.1 Å². The lowest BCUT2D eigenvalue weighted by atomic mass is 10.1. The van der Waals surface area contributed by atoms with Crippen molar-refractivity contribution in [3.05, 3.63) is 70.3 Å². The van der Waals surface area contributed by atoms with Crippen molar-refractivity contribution in [3.63, 3.8) is 0 Å². The molecule has 0 radical (unpaired) electrons. The number of aliphatic hydroxyl groups excluding tert-OH is 1. The number of hydrogen-bond donors (Lipinski definition) is 3. The third-order valence-corrected chi connectivity index (χ3v) is 5.71. The van der Waals surface area contributed by atoms with E-state index >= 15 is 0 Å². The van der Waals surface area contributed by atoms with Crippen LogP contribution in [0, 0.1) is 6.92 Å². The first kappa shape index (κ1) is 22.4. The molecule has 10 heteroatoms. The molecule has 3 N–H and O–H groups in total. The Labute approximate surface area is 199 Å². The molecule has 0 aliphatic heterocycles. The highest BCUT2D eigenvalue weighted by Crippen LogP contribution is 2.32. The molecule has 0 spiro atoms. The number of aromatic nitrogens is 4. The summed E-state index contributed by atoms with van der Waals surface area (Å²) >= 11 is 0. The van der Waals surface area contributed by atoms with Crippen molar-refractivity contribution in [2.45, 2.75) is 19.9 Å². The Morgan fingerprint density at radius 1 is 1.17 bits per heavy atom. The number of amides is 1. The highest BCUT2D eigenvalue weighted by atomic mass is 16.5. The lowest BCUT2D eigenvalue weighted by molar-refractivity contribution is 0.0917. The number of hydrogen-bond acceptors (Lipinski definition) is 7. The molecule has 3 aromatic heterocycles. The number of nitrogens with zero attached hydrogens (tertiary/aromatic N) is 3. The van der Waals surface area contributed by atoms with Crippen molar-refractivity contribution >= 4 is 22.7 Å². The van der Waals surface area contributed by atoms with Gasteiger partial charge in [0.2, 0.25) is 5.89 Å². The Bertz CT molecular complexity index is 1620. The van der Waals surface area contributed by atoms with Gasteiger partial charge in [-0.25, -0.2) is 14.5 Å². The fourth-order valence-electron chi connectivity index (χ4n) is 4.02. The number of H-pyrrole nitrogens is 1. The molecule has 0 bridgehead atoms. The Hall–Kier alpha value is -4.44. The number of methoxy groups -OCH3 is 1. The highest BCUT2D eigenvalue weighted by Gasteiger charge is 2.28. The number of rotatable bonds is 6. The van der Waals surface area contributed by atoms with Crippen LogP contribution in [0.2, 0.25) is 0 Å². The summed E-state index contributed by atoms with van der Waals surface area (Å²) < 4.78 is 12.5. The second kappa shape index (κ2) is 8.73. The molecular weight excluding hydrogens is 450 g/mol. The first-order valence-corrected chi connectivity index (χ1v) is 11.0. The number of nitrogens with one attached hydrogen (secondary N) is 2. The van der Waals surface area contributed by atoms with Gasteiger partial charge in [-0.2, -0.15) is 0 Å². The maximum Gasteiger partial charge on any atom is 0.286 e. The van der Waals surface area contributed by atoms with Crippen molar-refractivity contribution in [1.82, 2.24) is 24.9 Å². The van der Waals surface area contributed by atoms with E-state index in [9.17, 15) is 14.7 Å². The third kappa shape index (κ3) is 3.73. The molecule has 10 nitrogen and oxygen atoms in total. The van der Waals surface area contributed by atoms with Crippen molar-refractivity contribution in [1.29, 1.82) is 0 Å². The molecule has 0 aliphatic carbocycles. The maximum absolute atomic E-state index is 13.8. The number of aryl methyl sites for hydroxylation is 1. The van der Waals surface area contributed by atoms with Gasteiger partial charge in [0.25, 0.3) is 11.5 Å². The molecular formula is C25H23N5O5. The summed E-state index contributed by atoms with van der Waals surface area (Å²) in [5.74, 6) is -0.228. The van der Waals surface area contributed by atoms with Gasteiger partial charge < -0.3 is 19.6 Å². The Morgan fingerprint density at radius 2 is 1.94 bits per heavy atom. The molecule has 3 heterocycles. The van der Waals surface area contributed by atoms with Crippen LogP contribution in [0.5, 0.6) is 5.75 Å². The summed E-state index contributed by atoms with van der Waals surface area (Å²) in [4.78, 5) is 36.1. The van der Waals surface area contributed by atoms with Gasteiger partial charge in [0.1, 0.15) is 17.0 Å². The minimum Gasteiger partial charge on any atom is -0.494 e. The standard InChI is InChI=1S/C25H23N5O5/c1-13(12-31)26-23(32)21-19(24-28-20-16(34-3)10-7-11-17(20)35-24)25(33)30-22(27-21)18(14(2)29-30)15-8-5-4-6-9-15/h4-11,13,29,31H,12H2,1-3H3,(H,26,32)/t13-/m0/s1. The Balaban J connectivity index is 1.82. The lowest BCUT2D eigenvalue weighted by Gasteiger charge is -2.12. The average Bonchev–Trinajstić information content (AvgIpc) is 3.44. The van der Waals surface area contributed by atoms with Gasteiger partial charge in [-0.3, -0.25) is 14.7 Å². The smallest absolute Gasteiger partial charge is 0.286 e. The molecule has 5 aromatic rings. The van der Waals surface area contributed by atoms with Gasteiger partial charge in [0.15, 0.2) is 16.7 Å². The van der Waals surface area contributed by atoms with E-state index in [-0.39, 0.29) is 29.4 Å². The van der Waals surface area contributed by atoms with E-state index in [1.165, 1.54) is 11.6 Å². The number of carbonyl (C=O) groups is 1. The van der Waals surface area contributed by atoms with Crippen molar-refractivity contribution in [3.8, 4) is 28.3 Å². The van der Waals surface area contributed by atoms with Gasteiger partial charge in [0.05, 0.1) is 13.7 Å². The van der Waals surface area contributed by atoms with Crippen molar-refractivity contribution in [2.24, 2.45) is 0 Å². The number of benzene rings is 2. The van der Waals surface area contributed by atoms with Gasteiger partial charge in [-0.15, -0.1) is 0 Å². The van der Waals surface area contributed by atoms with Crippen LogP contribution in [-0.4, -0.2) is 50.4 Å². The van der Waals surface area contributed by atoms with Gasteiger partial charge in [0, 0.05) is 17.3 Å². The zero-order valence-corrected chi connectivity index (χ0v) is 19.3. The monoisotopic (exact) mass is 473 g/mol. The van der Waals surface area contributed by atoms with Crippen LogP contribution < -0.4 is 15.6 Å². The van der Waals surface area contributed by atoms with Gasteiger partial charge >= 0.3 is 0 Å². The van der Waals surface area contributed by atoms with Gasteiger partial charge in [-0.05, 0) is 31.5 Å². The predicted octanol–water partition coefficient (Wildman–Crippen LogP) is 2.93. The van der Waals surface area contributed by atoms with E-state index in [2.05, 4.69) is 20.4 Å². The molecule has 0 aliphatic rings. The van der Waals surface area contributed by atoms with Crippen molar-refractivity contribution in [2.75, 3.05) is 13.7 Å². The maximum atomic E-state index is 13.8. The topological polar surface area (TPSA) is 135 Å². The average molecular weight is 473 g/mol. The van der Waals surface area contributed by atoms with Crippen LogP contribution in [0.25, 0.3) is 39.3 Å². The third-order valence-electron chi connectivity index (χ3n) is 5.71. The number of fused-ring (bicyclic) bond motifs is 2. The fourth-order valence-corrected chi connectivity index (χ4v) is 4.02. The largest absolute Gasteiger partial charge is 0.494 e. The normalized spacial score (nSPS) is 12.2. The zero-order chi connectivity index (χ0) is 24.7. The van der Waals surface area contributed by atoms with Gasteiger partial charge in [-0.1, -0.05) is 36.4 Å². The molecule has 0 saturated heterocycles. The van der Waals surface area contributed by atoms with E-state index in [1.807, 2.05) is 37.3 Å².